The van der Waals surface area contributed by atoms with E-state index in [9.17, 15) is 0 Å². The predicted molar refractivity (Wildman–Crippen MR) is 75.4 cm³/mol. The molecule has 2 heterocycles. The molecule has 112 valence electrons. The Hall–Kier alpha value is -0.160. The van der Waals surface area contributed by atoms with Crippen molar-refractivity contribution < 1.29 is 14.2 Å². The van der Waals surface area contributed by atoms with E-state index in [1.54, 1.807) is 0 Å². The monoisotopic (exact) mass is 271 g/mol. The van der Waals surface area contributed by atoms with Crippen molar-refractivity contribution >= 4 is 0 Å². The maximum Gasteiger partial charge on any atom is 0.0837 e. The molecular weight excluding hydrogens is 242 g/mol. The third-order valence-electron chi connectivity index (χ3n) is 4.11. The molecule has 0 saturated carbocycles. The Labute approximate surface area is 117 Å². The summed E-state index contributed by atoms with van der Waals surface area (Å²) < 4.78 is 17.4. The number of hydrogen-bond acceptors (Lipinski definition) is 4. The second-order valence-corrected chi connectivity index (χ2v) is 6.24. The first-order chi connectivity index (χ1) is 9.20. The van der Waals surface area contributed by atoms with Crippen molar-refractivity contribution in [2.75, 3.05) is 39.5 Å². The summed E-state index contributed by atoms with van der Waals surface area (Å²) in [5.74, 6) is 0.712. The zero-order valence-corrected chi connectivity index (χ0v) is 12.5. The highest BCUT2D eigenvalue weighted by molar-refractivity contribution is 4.93. The first-order valence-corrected chi connectivity index (χ1v) is 7.74. The molecule has 4 nitrogen and oxygen atoms in total. The summed E-state index contributed by atoms with van der Waals surface area (Å²) in [5, 5.41) is 3.39. The normalized spacial score (nSPS) is 26.4. The summed E-state index contributed by atoms with van der Waals surface area (Å²) in [5.41, 5.74) is 0.106. The summed E-state index contributed by atoms with van der Waals surface area (Å²) in [6.45, 7) is 9.58. The van der Waals surface area contributed by atoms with E-state index in [2.05, 4.69) is 19.2 Å². The van der Waals surface area contributed by atoms with Crippen LogP contribution in [0.5, 0.6) is 0 Å². The zero-order chi connectivity index (χ0) is 13.6. The maximum atomic E-state index is 6.00. The van der Waals surface area contributed by atoms with Crippen molar-refractivity contribution in [2.45, 2.75) is 51.2 Å². The van der Waals surface area contributed by atoms with Gasteiger partial charge in [0.05, 0.1) is 31.5 Å². The third-order valence-corrected chi connectivity index (χ3v) is 4.11. The van der Waals surface area contributed by atoms with Crippen molar-refractivity contribution in [2.24, 2.45) is 5.92 Å². The van der Waals surface area contributed by atoms with E-state index in [0.29, 0.717) is 19.1 Å². The van der Waals surface area contributed by atoms with Crippen LogP contribution in [0.15, 0.2) is 0 Å². The summed E-state index contributed by atoms with van der Waals surface area (Å²) in [6, 6.07) is 0. The average Bonchev–Trinajstić information content (AvgIpc) is 2.77. The van der Waals surface area contributed by atoms with Gasteiger partial charge in [-0.15, -0.1) is 0 Å². The van der Waals surface area contributed by atoms with Crippen LogP contribution in [0, 0.1) is 5.92 Å². The Bertz CT molecular complexity index is 252. The maximum absolute atomic E-state index is 6.00. The minimum absolute atomic E-state index is 0.106. The number of ether oxygens (including phenoxy) is 3. The molecule has 0 aliphatic carbocycles. The SMILES string of the molecule is CC(C)CCOCCOC1COC2(CCNCC2)C1. The molecule has 2 fully saturated rings. The minimum Gasteiger partial charge on any atom is -0.379 e. The Balaban J connectivity index is 1.53. The van der Waals surface area contributed by atoms with Crippen LogP contribution in [0.4, 0.5) is 0 Å². The molecule has 2 aliphatic heterocycles. The molecule has 19 heavy (non-hydrogen) atoms. The van der Waals surface area contributed by atoms with Crippen LogP contribution in [0.2, 0.25) is 0 Å². The molecule has 2 rings (SSSR count). The standard InChI is InChI=1S/C15H29NO3/c1-13(2)3-8-17-9-10-18-14-11-15(19-12-14)4-6-16-7-5-15/h13-14,16H,3-12H2,1-2H3. The molecule has 2 saturated heterocycles. The molecule has 0 radical (unpaired) electrons. The van der Waals surface area contributed by atoms with Crippen LogP contribution in [-0.2, 0) is 14.2 Å². The molecule has 0 aromatic heterocycles. The number of hydrogen-bond donors (Lipinski definition) is 1. The van der Waals surface area contributed by atoms with Gasteiger partial charge in [0.25, 0.3) is 0 Å². The summed E-state index contributed by atoms with van der Waals surface area (Å²) in [7, 11) is 0. The lowest BCUT2D eigenvalue weighted by molar-refractivity contribution is -0.0266. The van der Waals surface area contributed by atoms with Crippen molar-refractivity contribution in [1.29, 1.82) is 0 Å². The largest absolute Gasteiger partial charge is 0.379 e. The van der Waals surface area contributed by atoms with Gasteiger partial charge in [0.1, 0.15) is 0 Å². The smallest absolute Gasteiger partial charge is 0.0837 e. The second-order valence-electron chi connectivity index (χ2n) is 6.24. The van der Waals surface area contributed by atoms with Crippen molar-refractivity contribution in [3.8, 4) is 0 Å². The average molecular weight is 271 g/mol. The fourth-order valence-corrected chi connectivity index (χ4v) is 2.84. The molecule has 1 spiro atoms. The lowest BCUT2D eigenvalue weighted by Gasteiger charge is -2.32. The third kappa shape index (κ3) is 5.03. The van der Waals surface area contributed by atoms with E-state index in [4.69, 9.17) is 14.2 Å². The second kappa shape index (κ2) is 7.58. The van der Waals surface area contributed by atoms with Gasteiger partial charge >= 0.3 is 0 Å². The molecule has 1 N–H and O–H groups in total. The topological polar surface area (TPSA) is 39.7 Å². The van der Waals surface area contributed by atoms with Crippen molar-refractivity contribution in [1.82, 2.24) is 5.32 Å². The molecular formula is C15H29NO3. The van der Waals surface area contributed by atoms with Crippen LogP contribution < -0.4 is 5.32 Å². The van der Waals surface area contributed by atoms with Crippen LogP contribution >= 0.6 is 0 Å². The Morgan fingerprint density at radius 2 is 2.00 bits per heavy atom. The van der Waals surface area contributed by atoms with Crippen molar-refractivity contribution in [3.63, 3.8) is 0 Å². The number of piperidine rings is 1. The van der Waals surface area contributed by atoms with E-state index in [-0.39, 0.29) is 11.7 Å². The number of rotatable bonds is 7. The van der Waals surface area contributed by atoms with E-state index < -0.39 is 0 Å². The van der Waals surface area contributed by atoms with Gasteiger partial charge in [-0.2, -0.15) is 0 Å². The molecule has 1 atom stereocenters. The van der Waals surface area contributed by atoms with Gasteiger partial charge in [0, 0.05) is 13.0 Å². The van der Waals surface area contributed by atoms with Crippen LogP contribution in [0.3, 0.4) is 0 Å². The van der Waals surface area contributed by atoms with Crippen LogP contribution in [0.1, 0.15) is 39.5 Å². The fraction of sp³-hybridized carbons (Fsp3) is 1.00. The molecule has 0 aromatic carbocycles. The summed E-state index contributed by atoms with van der Waals surface area (Å²) >= 11 is 0. The van der Waals surface area contributed by atoms with Crippen LogP contribution in [0.25, 0.3) is 0 Å². The van der Waals surface area contributed by atoms with Gasteiger partial charge in [-0.3, -0.25) is 0 Å². The fourth-order valence-electron chi connectivity index (χ4n) is 2.84. The van der Waals surface area contributed by atoms with E-state index in [1.165, 1.54) is 0 Å². The lowest BCUT2D eigenvalue weighted by atomic mass is 9.89. The Kier molecular flexibility index (Phi) is 6.07. The zero-order valence-electron chi connectivity index (χ0n) is 12.5. The van der Waals surface area contributed by atoms with Gasteiger partial charge in [-0.25, -0.2) is 0 Å². The van der Waals surface area contributed by atoms with Gasteiger partial charge in [-0.05, 0) is 38.3 Å². The molecule has 1 unspecified atom stereocenters. The van der Waals surface area contributed by atoms with Gasteiger partial charge < -0.3 is 19.5 Å². The van der Waals surface area contributed by atoms with Crippen LogP contribution in [-0.4, -0.2) is 51.2 Å². The van der Waals surface area contributed by atoms with E-state index in [1.807, 2.05) is 0 Å². The van der Waals surface area contributed by atoms with Gasteiger partial charge in [0.2, 0.25) is 0 Å². The highest BCUT2D eigenvalue weighted by Gasteiger charge is 2.41. The quantitative estimate of drug-likeness (QED) is 0.719. The molecule has 0 bridgehead atoms. The lowest BCUT2D eigenvalue weighted by Crippen LogP contribution is -2.41. The predicted octanol–water partition coefficient (Wildman–Crippen LogP) is 1.98. The molecule has 2 aliphatic rings. The Morgan fingerprint density at radius 1 is 1.21 bits per heavy atom. The van der Waals surface area contributed by atoms with Gasteiger partial charge in [0.15, 0.2) is 0 Å². The first kappa shape index (κ1) is 15.2. The van der Waals surface area contributed by atoms with Crippen molar-refractivity contribution in [3.05, 3.63) is 0 Å². The first-order valence-electron chi connectivity index (χ1n) is 7.74. The highest BCUT2D eigenvalue weighted by Crippen LogP contribution is 2.34. The highest BCUT2D eigenvalue weighted by atomic mass is 16.6. The Morgan fingerprint density at radius 3 is 2.74 bits per heavy atom. The number of nitrogens with one attached hydrogen (secondary N) is 1. The summed E-state index contributed by atoms with van der Waals surface area (Å²) in [6.07, 6.45) is 4.70. The molecule has 0 amide bonds. The molecule has 4 heteroatoms. The van der Waals surface area contributed by atoms with E-state index in [0.717, 1.165) is 52.0 Å². The summed E-state index contributed by atoms with van der Waals surface area (Å²) in [4.78, 5) is 0. The minimum atomic E-state index is 0.106. The van der Waals surface area contributed by atoms with Gasteiger partial charge in [-0.1, -0.05) is 13.8 Å². The van der Waals surface area contributed by atoms with E-state index >= 15 is 0 Å². The molecule has 0 aromatic rings.